The second-order valence-corrected chi connectivity index (χ2v) is 8.75. The minimum atomic E-state index is -3.34. The van der Waals surface area contributed by atoms with Gasteiger partial charge in [0, 0.05) is 17.7 Å². The Balaban J connectivity index is 1.78. The SMILES string of the molecule is CP(=O)(C(=O)OCc1ccccc1)c1cc(C2CC2)ccc1N. The van der Waals surface area contributed by atoms with Crippen molar-refractivity contribution in [3.63, 3.8) is 0 Å². The van der Waals surface area contributed by atoms with E-state index in [-0.39, 0.29) is 6.61 Å². The van der Waals surface area contributed by atoms with Crippen LogP contribution in [-0.2, 0) is 15.9 Å². The molecule has 0 aliphatic heterocycles. The first-order chi connectivity index (χ1) is 11.0. The second-order valence-electron chi connectivity index (χ2n) is 6.06. The van der Waals surface area contributed by atoms with Gasteiger partial charge in [-0.25, -0.2) is 4.79 Å². The van der Waals surface area contributed by atoms with Gasteiger partial charge in [-0.2, -0.15) is 0 Å². The van der Waals surface area contributed by atoms with Crippen LogP contribution in [0.15, 0.2) is 48.5 Å². The van der Waals surface area contributed by atoms with Crippen LogP contribution in [0.3, 0.4) is 0 Å². The lowest BCUT2D eigenvalue weighted by Crippen LogP contribution is -2.17. The van der Waals surface area contributed by atoms with Gasteiger partial charge in [-0.1, -0.05) is 36.4 Å². The van der Waals surface area contributed by atoms with Crippen molar-refractivity contribution in [2.75, 3.05) is 12.4 Å². The number of carbonyl (C=O) groups excluding carboxylic acids is 1. The van der Waals surface area contributed by atoms with Crippen LogP contribution in [0.25, 0.3) is 0 Å². The highest BCUT2D eigenvalue weighted by Gasteiger charge is 2.34. The fourth-order valence-electron chi connectivity index (χ4n) is 2.54. The molecule has 1 aliphatic rings. The molecule has 0 spiro atoms. The van der Waals surface area contributed by atoms with Crippen molar-refractivity contribution in [1.29, 1.82) is 0 Å². The number of hydrogen-bond donors (Lipinski definition) is 1. The molecule has 0 radical (unpaired) electrons. The molecule has 2 aromatic carbocycles. The third-order valence-electron chi connectivity index (χ3n) is 4.12. The van der Waals surface area contributed by atoms with Crippen molar-refractivity contribution in [2.45, 2.75) is 25.4 Å². The van der Waals surface area contributed by atoms with Crippen LogP contribution in [0.4, 0.5) is 10.5 Å². The first kappa shape index (κ1) is 15.8. The molecule has 23 heavy (non-hydrogen) atoms. The summed E-state index contributed by atoms with van der Waals surface area (Å²) in [6.45, 7) is 1.54. The van der Waals surface area contributed by atoms with Gasteiger partial charge in [0.05, 0.1) is 0 Å². The summed E-state index contributed by atoms with van der Waals surface area (Å²) in [4.78, 5) is 12.3. The van der Waals surface area contributed by atoms with Crippen LogP contribution < -0.4 is 11.0 Å². The number of anilines is 1. The maximum Gasteiger partial charge on any atom is 0.368 e. The predicted octanol–water partition coefficient (Wildman–Crippen LogP) is 4.10. The third kappa shape index (κ3) is 3.48. The van der Waals surface area contributed by atoms with Crippen LogP contribution in [0.2, 0.25) is 0 Å². The first-order valence-electron chi connectivity index (χ1n) is 7.67. The highest BCUT2D eigenvalue weighted by atomic mass is 31.2. The van der Waals surface area contributed by atoms with Crippen molar-refractivity contribution < 1.29 is 14.1 Å². The molecule has 0 bridgehead atoms. The highest BCUT2D eigenvalue weighted by Crippen LogP contribution is 2.47. The summed E-state index contributed by atoms with van der Waals surface area (Å²) in [6.07, 6.45) is 2.27. The monoisotopic (exact) mass is 329 g/mol. The third-order valence-corrected chi connectivity index (χ3v) is 6.25. The number of nitrogen functional groups attached to an aromatic ring is 1. The fourth-order valence-corrected chi connectivity index (χ4v) is 4.01. The lowest BCUT2D eigenvalue weighted by atomic mass is 10.1. The van der Waals surface area contributed by atoms with Gasteiger partial charge in [0.15, 0.2) is 0 Å². The summed E-state index contributed by atoms with van der Waals surface area (Å²) >= 11 is 0. The lowest BCUT2D eigenvalue weighted by molar-refractivity contribution is 0.166. The molecule has 1 saturated carbocycles. The Morgan fingerprint density at radius 2 is 1.91 bits per heavy atom. The van der Waals surface area contributed by atoms with E-state index in [1.807, 2.05) is 42.5 Å². The molecule has 0 aromatic heterocycles. The van der Waals surface area contributed by atoms with Crippen molar-refractivity contribution in [3.05, 3.63) is 59.7 Å². The first-order valence-corrected chi connectivity index (χ1v) is 9.82. The van der Waals surface area contributed by atoms with Gasteiger partial charge in [0.2, 0.25) is 7.14 Å². The molecular formula is C18H20NO3P. The van der Waals surface area contributed by atoms with Gasteiger partial charge in [0.1, 0.15) is 6.61 Å². The van der Waals surface area contributed by atoms with E-state index in [0.717, 1.165) is 24.0 Å². The summed E-state index contributed by atoms with van der Waals surface area (Å²) in [5.74, 6) is 0.509. The van der Waals surface area contributed by atoms with E-state index in [9.17, 15) is 9.36 Å². The van der Waals surface area contributed by atoms with Crippen LogP contribution >= 0.6 is 7.14 Å². The van der Waals surface area contributed by atoms with E-state index in [1.165, 1.54) is 6.66 Å². The van der Waals surface area contributed by atoms with E-state index in [2.05, 4.69) is 0 Å². The minimum absolute atomic E-state index is 0.111. The standard InChI is InChI=1S/C18H20NO3P/c1-23(21,18(20)22-12-13-5-3-2-4-6-13)17-11-15(14-7-8-14)9-10-16(17)19/h2-6,9-11,14H,7-8,12,19H2,1H3. The lowest BCUT2D eigenvalue weighted by Gasteiger charge is -2.16. The molecule has 1 aliphatic carbocycles. The number of ether oxygens (including phenoxy) is 1. The predicted molar refractivity (Wildman–Crippen MR) is 92.6 cm³/mol. The normalized spacial score (nSPS) is 16.6. The van der Waals surface area contributed by atoms with Gasteiger partial charge in [0.25, 0.3) is 0 Å². The zero-order valence-corrected chi connectivity index (χ0v) is 14.0. The van der Waals surface area contributed by atoms with Crippen molar-refractivity contribution in [2.24, 2.45) is 0 Å². The molecule has 120 valence electrons. The van der Waals surface area contributed by atoms with Crippen molar-refractivity contribution >= 4 is 23.8 Å². The summed E-state index contributed by atoms with van der Waals surface area (Å²) in [7, 11) is -3.34. The maximum absolute atomic E-state index is 13.0. The molecule has 3 rings (SSSR count). The molecule has 1 fully saturated rings. The van der Waals surface area contributed by atoms with Crippen LogP contribution in [-0.4, -0.2) is 12.4 Å². The molecule has 0 saturated heterocycles. The van der Waals surface area contributed by atoms with Crippen LogP contribution in [0.1, 0.15) is 29.9 Å². The molecule has 5 heteroatoms. The molecule has 2 aromatic rings. The minimum Gasteiger partial charge on any atom is -0.455 e. The Morgan fingerprint density at radius 1 is 1.22 bits per heavy atom. The van der Waals surface area contributed by atoms with Gasteiger partial charge in [-0.05, 0) is 42.0 Å². The summed E-state index contributed by atoms with van der Waals surface area (Å²) in [5, 5.41) is 0.417. The number of nitrogens with two attached hydrogens (primary N) is 1. The number of benzene rings is 2. The number of carbonyl (C=O) groups is 1. The second kappa shape index (κ2) is 6.21. The average Bonchev–Trinajstić information content (AvgIpc) is 3.38. The van der Waals surface area contributed by atoms with Gasteiger partial charge in [-0.15, -0.1) is 0 Å². The molecule has 0 amide bonds. The molecule has 1 unspecified atom stereocenters. The van der Waals surface area contributed by atoms with Crippen LogP contribution in [0.5, 0.6) is 0 Å². The topological polar surface area (TPSA) is 69.4 Å². The van der Waals surface area contributed by atoms with Gasteiger partial charge < -0.3 is 15.0 Å². The maximum atomic E-state index is 13.0. The van der Waals surface area contributed by atoms with Gasteiger partial charge >= 0.3 is 5.71 Å². The molecule has 1 atom stereocenters. The van der Waals surface area contributed by atoms with E-state index in [1.54, 1.807) is 6.07 Å². The van der Waals surface area contributed by atoms with Crippen molar-refractivity contribution in [1.82, 2.24) is 0 Å². The quantitative estimate of drug-likeness (QED) is 0.662. The largest absolute Gasteiger partial charge is 0.455 e. The number of rotatable bonds is 5. The fraction of sp³-hybridized carbons (Fsp3) is 0.278. The van der Waals surface area contributed by atoms with Crippen molar-refractivity contribution in [3.8, 4) is 0 Å². The van der Waals surface area contributed by atoms with E-state index >= 15 is 0 Å². The zero-order valence-electron chi connectivity index (χ0n) is 13.1. The summed E-state index contributed by atoms with van der Waals surface area (Å²) in [5.41, 5.74) is 7.62. The average molecular weight is 329 g/mol. The molecule has 2 N–H and O–H groups in total. The Bertz CT molecular complexity index is 769. The molecular weight excluding hydrogens is 309 g/mol. The summed E-state index contributed by atoms with van der Waals surface area (Å²) < 4.78 is 18.3. The van der Waals surface area contributed by atoms with E-state index < -0.39 is 12.9 Å². The zero-order chi connectivity index (χ0) is 16.4. The summed E-state index contributed by atoms with van der Waals surface area (Å²) in [6, 6.07) is 14.8. The number of hydrogen-bond acceptors (Lipinski definition) is 4. The smallest absolute Gasteiger partial charge is 0.368 e. The van der Waals surface area contributed by atoms with E-state index in [0.29, 0.717) is 16.9 Å². The molecule has 0 heterocycles. The Kier molecular flexibility index (Phi) is 4.27. The van der Waals surface area contributed by atoms with Gasteiger partial charge in [-0.3, -0.25) is 0 Å². The Morgan fingerprint density at radius 3 is 2.57 bits per heavy atom. The Hall–Kier alpha value is -2.06. The molecule has 4 nitrogen and oxygen atoms in total. The van der Waals surface area contributed by atoms with E-state index in [4.69, 9.17) is 10.5 Å². The Labute approximate surface area is 136 Å². The van der Waals surface area contributed by atoms with Crippen LogP contribution in [0, 0.1) is 0 Å². The highest BCUT2D eigenvalue weighted by molar-refractivity contribution is 7.86.